The van der Waals surface area contributed by atoms with Crippen LogP contribution in [0.2, 0.25) is 0 Å². The number of hydrogen-bond acceptors (Lipinski definition) is 5. The van der Waals surface area contributed by atoms with Gasteiger partial charge in [-0.05, 0) is 31.7 Å². The van der Waals surface area contributed by atoms with Crippen LogP contribution in [0, 0.1) is 12.8 Å². The third kappa shape index (κ3) is 4.12. The lowest BCUT2D eigenvalue weighted by atomic mass is 10.1. The highest BCUT2D eigenvalue weighted by atomic mass is 16.5. The van der Waals surface area contributed by atoms with E-state index in [-0.39, 0.29) is 0 Å². The molecular weight excluding hydrogens is 314 g/mol. The fourth-order valence-electron chi connectivity index (χ4n) is 3.63. The number of hydrogen-bond donors (Lipinski definition) is 0. The maximum absolute atomic E-state index is 5.20. The second kappa shape index (κ2) is 7.70. The van der Waals surface area contributed by atoms with Crippen LogP contribution in [0.4, 0.5) is 5.82 Å². The standard InChI is InChI=1S/C19H31N5O/c1-14(2)17-11-19(24-18(20-17)10-15(3)21-24)22(4)12-16-6-7-23(13-16)8-9-25-5/h10-11,14,16H,6-9,12-13H2,1-5H3/t16-/m1/s1. The summed E-state index contributed by atoms with van der Waals surface area (Å²) in [6.07, 6.45) is 1.25. The Morgan fingerprint density at radius 1 is 1.36 bits per heavy atom. The maximum Gasteiger partial charge on any atom is 0.157 e. The van der Waals surface area contributed by atoms with Crippen molar-refractivity contribution in [3.05, 3.63) is 23.5 Å². The zero-order valence-electron chi connectivity index (χ0n) is 16.2. The summed E-state index contributed by atoms with van der Waals surface area (Å²) in [6.45, 7) is 11.6. The molecule has 0 spiro atoms. The van der Waals surface area contributed by atoms with Crippen LogP contribution in [0.3, 0.4) is 0 Å². The summed E-state index contributed by atoms with van der Waals surface area (Å²) in [5.41, 5.74) is 3.08. The molecule has 1 saturated heterocycles. The Hall–Kier alpha value is -1.66. The number of aromatic nitrogens is 3. The molecule has 0 aliphatic carbocycles. The van der Waals surface area contributed by atoms with Gasteiger partial charge in [0.15, 0.2) is 5.65 Å². The van der Waals surface area contributed by atoms with Crippen molar-refractivity contribution in [3.8, 4) is 0 Å². The summed E-state index contributed by atoms with van der Waals surface area (Å²) in [7, 11) is 3.95. The fraction of sp³-hybridized carbons (Fsp3) is 0.684. The topological polar surface area (TPSA) is 45.9 Å². The molecule has 25 heavy (non-hydrogen) atoms. The van der Waals surface area contributed by atoms with Gasteiger partial charge >= 0.3 is 0 Å². The maximum atomic E-state index is 5.20. The van der Waals surface area contributed by atoms with Crippen molar-refractivity contribution < 1.29 is 4.74 Å². The van der Waals surface area contributed by atoms with Gasteiger partial charge in [0, 0.05) is 51.6 Å². The molecule has 0 amide bonds. The van der Waals surface area contributed by atoms with Gasteiger partial charge in [0.2, 0.25) is 0 Å². The smallest absolute Gasteiger partial charge is 0.157 e. The third-order valence-electron chi connectivity index (χ3n) is 5.05. The number of rotatable bonds is 7. The molecule has 1 aliphatic heterocycles. The van der Waals surface area contributed by atoms with Gasteiger partial charge in [-0.2, -0.15) is 9.61 Å². The Balaban J connectivity index is 1.76. The molecule has 1 aliphatic rings. The number of fused-ring (bicyclic) bond motifs is 1. The number of nitrogens with zero attached hydrogens (tertiary/aromatic N) is 5. The molecule has 0 saturated carbocycles. The van der Waals surface area contributed by atoms with Crippen molar-refractivity contribution in [2.75, 3.05) is 51.8 Å². The lowest BCUT2D eigenvalue weighted by Gasteiger charge is -2.24. The third-order valence-corrected chi connectivity index (χ3v) is 5.05. The molecular formula is C19H31N5O. The summed E-state index contributed by atoms with van der Waals surface area (Å²) in [5, 5.41) is 4.65. The van der Waals surface area contributed by atoms with Gasteiger partial charge in [-0.1, -0.05) is 13.8 Å². The van der Waals surface area contributed by atoms with E-state index in [1.807, 2.05) is 11.4 Å². The van der Waals surface area contributed by atoms with E-state index in [1.165, 1.54) is 13.0 Å². The summed E-state index contributed by atoms with van der Waals surface area (Å²) in [4.78, 5) is 9.61. The molecule has 0 unspecified atom stereocenters. The van der Waals surface area contributed by atoms with E-state index in [2.05, 4.69) is 47.9 Å². The van der Waals surface area contributed by atoms with Gasteiger partial charge in [0.1, 0.15) is 5.82 Å². The van der Waals surface area contributed by atoms with Gasteiger partial charge in [-0.25, -0.2) is 4.98 Å². The van der Waals surface area contributed by atoms with Crippen LogP contribution in [0.25, 0.3) is 5.65 Å². The lowest BCUT2D eigenvalue weighted by Crippen LogP contribution is -2.30. The second-order valence-corrected chi connectivity index (χ2v) is 7.58. The average Bonchev–Trinajstić information content (AvgIpc) is 3.16. The van der Waals surface area contributed by atoms with E-state index in [0.717, 1.165) is 49.1 Å². The highest BCUT2D eigenvalue weighted by Crippen LogP contribution is 2.24. The van der Waals surface area contributed by atoms with Crippen molar-refractivity contribution >= 4 is 11.5 Å². The van der Waals surface area contributed by atoms with Crippen LogP contribution in [-0.2, 0) is 4.74 Å². The molecule has 3 heterocycles. The highest BCUT2D eigenvalue weighted by Gasteiger charge is 2.24. The molecule has 1 fully saturated rings. The molecule has 138 valence electrons. The molecule has 6 nitrogen and oxygen atoms in total. The van der Waals surface area contributed by atoms with Gasteiger partial charge in [-0.15, -0.1) is 0 Å². The van der Waals surface area contributed by atoms with Crippen molar-refractivity contribution in [1.82, 2.24) is 19.5 Å². The number of ether oxygens (including phenoxy) is 1. The fourth-order valence-corrected chi connectivity index (χ4v) is 3.63. The zero-order chi connectivity index (χ0) is 18.0. The Bertz CT molecular complexity index is 711. The van der Waals surface area contributed by atoms with Crippen molar-refractivity contribution in [2.45, 2.75) is 33.1 Å². The summed E-state index contributed by atoms with van der Waals surface area (Å²) in [5.74, 6) is 2.23. The van der Waals surface area contributed by atoms with E-state index in [1.54, 1.807) is 7.11 Å². The molecule has 0 aromatic carbocycles. The molecule has 0 bridgehead atoms. The van der Waals surface area contributed by atoms with Crippen molar-refractivity contribution in [3.63, 3.8) is 0 Å². The van der Waals surface area contributed by atoms with Gasteiger partial charge in [0.05, 0.1) is 12.3 Å². The number of aryl methyl sites for hydroxylation is 1. The molecule has 2 aromatic heterocycles. The van der Waals surface area contributed by atoms with Crippen molar-refractivity contribution in [1.29, 1.82) is 0 Å². The van der Waals surface area contributed by atoms with E-state index in [4.69, 9.17) is 9.72 Å². The Morgan fingerprint density at radius 3 is 2.88 bits per heavy atom. The average molecular weight is 345 g/mol. The van der Waals surface area contributed by atoms with Crippen LogP contribution in [-0.4, -0.2) is 66.4 Å². The first-order valence-electron chi connectivity index (χ1n) is 9.27. The molecule has 6 heteroatoms. The minimum Gasteiger partial charge on any atom is -0.383 e. The predicted octanol–water partition coefficient (Wildman–Crippen LogP) is 2.57. The van der Waals surface area contributed by atoms with Crippen LogP contribution >= 0.6 is 0 Å². The van der Waals surface area contributed by atoms with Gasteiger partial charge in [-0.3, -0.25) is 0 Å². The largest absolute Gasteiger partial charge is 0.383 e. The molecule has 1 atom stereocenters. The Morgan fingerprint density at radius 2 is 2.16 bits per heavy atom. The summed E-state index contributed by atoms with van der Waals surface area (Å²) < 4.78 is 7.19. The van der Waals surface area contributed by atoms with Crippen LogP contribution in [0.5, 0.6) is 0 Å². The zero-order valence-corrected chi connectivity index (χ0v) is 16.2. The summed E-state index contributed by atoms with van der Waals surface area (Å²) >= 11 is 0. The second-order valence-electron chi connectivity index (χ2n) is 7.58. The van der Waals surface area contributed by atoms with E-state index in [9.17, 15) is 0 Å². The molecule has 0 radical (unpaired) electrons. The van der Waals surface area contributed by atoms with E-state index < -0.39 is 0 Å². The van der Waals surface area contributed by atoms with Crippen LogP contribution < -0.4 is 4.90 Å². The van der Waals surface area contributed by atoms with E-state index in [0.29, 0.717) is 11.8 Å². The normalized spacial score (nSPS) is 18.6. The monoisotopic (exact) mass is 345 g/mol. The molecule has 3 rings (SSSR count). The van der Waals surface area contributed by atoms with Gasteiger partial charge in [0.25, 0.3) is 0 Å². The van der Waals surface area contributed by atoms with Crippen molar-refractivity contribution in [2.24, 2.45) is 5.92 Å². The molecule has 2 aromatic rings. The predicted molar refractivity (Wildman–Crippen MR) is 102 cm³/mol. The number of likely N-dealkylation sites (tertiary alicyclic amines) is 1. The SMILES string of the molecule is COCCN1CC[C@H](CN(C)c2cc(C(C)C)nc3cc(C)nn23)C1. The minimum atomic E-state index is 0.406. The Labute approximate surface area is 150 Å². The first-order chi connectivity index (χ1) is 12.0. The first-order valence-corrected chi connectivity index (χ1v) is 9.27. The Kier molecular flexibility index (Phi) is 5.59. The molecule has 0 N–H and O–H groups in total. The van der Waals surface area contributed by atoms with Crippen LogP contribution in [0.1, 0.15) is 37.6 Å². The quantitative estimate of drug-likeness (QED) is 0.772. The first kappa shape index (κ1) is 18.1. The number of methoxy groups -OCH3 is 1. The van der Waals surface area contributed by atoms with Crippen LogP contribution in [0.15, 0.2) is 12.1 Å². The highest BCUT2D eigenvalue weighted by molar-refractivity contribution is 5.52. The minimum absolute atomic E-state index is 0.406. The van der Waals surface area contributed by atoms with E-state index >= 15 is 0 Å². The summed E-state index contributed by atoms with van der Waals surface area (Å²) in [6, 6.07) is 4.26. The number of anilines is 1. The lowest BCUT2D eigenvalue weighted by molar-refractivity contribution is 0.159. The van der Waals surface area contributed by atoms with Gasteiger partial charge < -0.3 is 14.5 Å².